The van der Waals surface area contributed by atoms with Gasteiger partial charge in [0.25, 0.3) is 0 Å². The molecule has 1 saturated carbocycles. The maximum atomic E-state index is 6.30. The third-order valence-corrected chi connectivity index (χ3v) is 4.33. The van der Waals surface area contributed by atoms with Crippen LogP contribution in [-0.2, 0) is 6.54 Å². The highest BCUT2D eigenvalue weighted by atomic mass is 35.5. The maximum absolute atomic E-state index is 6.30. The fraction of sp³-hybridized carbons (Fsp3) is 0.769. The third kappa shape index (κ3) is 2.50. The van der Waals surface area contributed by atoms with Crippen LogP contribution in [0.2, 0.25) is 5.02 Å². The van der Waals surface area contributed by atoms with E-state index >= 15 is 0 Å². The van der Waals surface area contributed by atoms with Crippen molar-refractivity contribution in [1.29, 1.82) is 0 Å². The van der Waals surface area contributed by atoms with Gasteiger partial charge in [0, 0.05) is 12.5 Å². The van der Waals surface area contributed by atoms with E-state index in [0.29, 0.717) is 11.8 Å². The van der Waals surface area contributed by atoms with E-state index in [-0.39, 0.29) is 0 Å². The van der Waals surface area contributed by atoms with Gasteiger partial charge in [0.15, 0.2) is 0 Å². The highest BCUT2D eigenvalue weighted by molar-refractivity contribution is 6.31. The molecule has 1 heterocycles. The third-order valence-electron chi connectivity index (χ3n) is 4.04. The largest absolute Gasteiger partial charge is 0.330 e. The predicted octanol–water partition coefficient (Wildman–Crippen LogP) is 3.03. The minimum atomic E-state index is 0.485. The van der Waals surface area contributed by atoms with Crippen LogP contribution in [0.5, 0.6) is 0 Å². The number of hydrogen-bond acceptors (Lipinski definition) is 2. The molecule has 2 rings (SSSR count). The zero-order chi connectivity index (χ0) is 12.4. The molecule has 0 aliphatic heterocycles. The summed E-state index contributed by atoms with van der Waals surface area (Å²) < 4.78 is 2.04. The predicted molar refractivity (Wildman–Crippen MR) is 71.2 cm³/mol. The van der Waals surface area contributed by atoms with Crippen LogP contribution in [0.4, 0.5) is 0 Å². The van der Waals surface area contributed by atoms with Crippen LogP contribution in [0.25, 0.3) is 0 Å². The van der Waals surface area contributed by atoms with Crippen molar-refractivity contribution in [2.75, 3.05) is 6.54 Å². The summed E-state index contributed by atoms with van der Waals surface area (Å²) in [5, 5.41) is 5.16. The molecule has 0 saturated heterocycles. The lowest BCUT2D eigenvalue weighted by Gasteiger charge is -2.34. The minimum Gasteiger partial charge on any atom is -0.330 e. The Bertz CT molecular complexity index is 375. The molecule has 1 aromatic heterocycles. The standard InChI is InChI=1S/C13H22ClN3/c1-3-17-13(12(14)8-16-17)11-6-9(2)4-5-10(11)7-15/h8-11H,3-7,15H2,1-2H3. The topological polar surface area (TPSA) is 43.8 Å². The van der Waals surface area contributed by atoms with Crippen molar-refractivity contribution in [3.63, 3.8) is 0 Å². The van der Waals surface area contributed by atoms with Gasteiger partial charge in [-0.3, -0.25) is 4.68 Å². The molecular weight excluding hydrogens is 234 g/mol. The highest BCUT2D eigenvalue weighted by Crippen LogP contribution is 2.42. The van der Waals surface area contributed by atoms with Crippen LogP contribution in [0.3, 0.4) is 0 Å². The van der Waals surface area contributed by atoms with Crippen LogP contribution in [0.15, 0.2) is 6.20 Å². The van der Waals surface area contributed by atoms with E-state index in [1.165, 1.54) is 25.0 Å². The number of nitrogens with two attached hydrogens (primary N) is 1. The highest BCUT2D eigenvalue weighted by Gasteiger charge is 2.32. The average molecular weight is 256 g/mol. The Morgan fingerprint density at radius 2 is 2.29 bits per heavy atom. The van der Waals surface area contributed by atoms with Crippen molar-refractivity contribution in [3.05, 3.63) is 16.9 Å². The van der Waals surface area contributed by atoms with E-state index in [1.807, 2.05) is 4.68 Å². The van der Waals surface area contributed by atoms with Gasteiger partial charge in [-0.2, -0.15) is 5.10 Å². The van der Waals surface area contributed by atoms with Gasteiger partial charge in [-0.25, -0.2) is 0 Å². The fourth-order valence-corrected chi connectivity index (χ4v) is 3.33. The Kier molecular flexibility index (Phi) is 4.10. The molecule has 0 spiro atoms. The van der Waals surface area contributed by atoms with Gasteiger partial charge in [0.05, 0.1) is 16.9 Å². The van der Waals surface area contributed by atoms with Gasteiger partial charge in [-0.05, 0) is 38.1 Å². The van der Waals surface area contributed by atoms with Crippen LogP contribution < -0.4 is 5.73 Å². The van der Waals surface area contributed by atoms with E-state index in [9.17, 15) is 0 Å². The molecule has 1 aliphatic carbocycles. The van der Waals surface area contributed by atoms with Crippen molar-refractivity contribution in [2.45, 2.75) is 45.6 Å². The summed E-state index contributed by atoms with van der Waals surface area (Å²) in [7, 11) is 0. The second-order valence-corrected chi connectivity index (χ2v) is 5.62. The minimum absolute atomic E-state index is 0.485. The second kappa shape index (κ2) is 5.40. The van der Waals surface area contributed by atoms with Gasteiger partial charge in [0.2, 0.25) is 0 Å². The second-order valence-electron chi connectivity index (χ2n) is 5.21. The maximum Gasteiger partial charge on any atom is 0.0820 e. The van der Waals surface area contributed by atoms with Crippen LogP contribution >= 0.6 is 11.6 Å². The summed E-state index contributed by atoms with van der Waals surface area (Å²) in [5.74, 6) is 1.81. The molecule has 0 aromatic carbocycles. The Hall–Kier alpha value is -0.540. The molecule has 3 nitrogen and oxygen atoms in total. The summed E-state index contributed by atoms with van der Waals surface area (Å²) in [6.07, 6.45) is 5.46. The van der Waals surface area contributed by atoms with Gasteiger partial charge >= 0.3 is 0 Å². The van der Waals surface area contributed by atoms with Crippen LogP contribution in [0.1, 0.15) is 44.7 Å². The molecule has 3 unspecified atom stereocenters. The number of rotatable bonds is 3. The Labute approximate surface area is 108 Å². The van der Waals surface area contributed by atoms with E-state index in [1.54, 1.807) is 6.20 Å². The lowest BCUT2D eigenvalue weighted by molar-refractivity contribution is 0.244. The Balaban J connectivity index is 2.31. The van der Waals surface area contributed by atoms with Gasteiger partial charge in [-0.1, -0.05) is 24.9 Å². The average Bonchev–Trinajstić information content (AvgIpc) is 2.70. The van der Waals surface area contributed by atoms with E-state index in [2.05, 4.69) is 18.9 Å². The smallest absolute Gasteiger partial charge is 0.0820 e. The molecule has 4 heteroatoms. The zero-order valence-corrected chi connectivity index (χ0v) is 11.5. The van der Waals surface area contributed by atoms with Crippen molar-refractivity contribution in [3.8, 4) is 0 Å². The number of aryl methyl sites for hydroxylation is 1. The van der Waals surface area contributed by atoms with Crippen molar-refractivity contribution >= 4 is 11.6 Å². The molecule has 17 heavy (non-hydrogen) atoms. The van der Waals surface area contributed by atoms with Crippen molar-refractivity contribution in [1.82, 2.24) is 9.78 Å². The summed E-state index contributed by atoms with van der Waals surface area (Å²) in [4.78, 5) is 0. The zero-order valence-electron chi connectivity index (χ0n) is 10.7. The molecule has 0 radical (unpaired) electrons. The lowest BCUT2D eigenvalue weighted by Crippen LogP contribution is -2.30. The lowest BCUT2D eigenvalue weighted by atomic mass is 9.73. The number of hydrogen-bond donors (Lipinski definition) is 1. The molecule has 0 bridgehead atoms. The number of nitrogens with zero attached hydrogens (tertiary/aromatic N) is 2. The summed E-state index contributed by atoms with van der Waals surface area (Å²) >= 11 is 6.30. The van der Waals surface area contributed by atoms with Gasteiger partial charge in [0.1, 0.15) is 0 Å². The van der Waals surface area contributed by atoms with E-state index in [4.69, 9.17) is 17.3 Å². The first-order valence-corrected chi connectivity index (χ1v) is 6.96. The first kappa shape index (κ1) is 12.9. The molecular formula is C13H22ClN3. The number of aromatic nitrogens is 2. The fourth-order valence-electron chi connectivity index (χ4n) is 3.05. The Morgan fingerprint density at radius 3 is 2.94 bits per heavy atom. The normalized spacial score (nSPS) is 29.5. The SMILES string of the molecule is CCn1ncc(Cl)c1C1CC(C)CCC1CN. The van der Waals surface area contributed by atoms with Crippen LogP contribution in [0, 0.1) is 11.8 Å². The van der Waals surface area contributed by atoms with E-state index in [0.717, 1.165) is 24.0 Å². The van der Waals surface area contributed by atoms with Crippen molar-refractivity contribution < 1.29 is 0 Å². The first-order valence-electron chi connectivity index (χ1n) is 6.58. The molecule has 1 aromatic rings. The molecule has 96 valence electrons. The molecule has 1 fully saturated rings. The molecule has 3 atom stereocenters. The molecule has 1 aliphatic rings. The monoisotopic (exact) mass is 255 g/mol. The summed E-state index contributed by atoms with van der Waals surface area (Å²) in [6.45, 7) is 6.06. The van der Waals surface area contributed by atoms with Crippen LogP contribution in [-0.4, -0.2) is 16.3 Å². The first-order chi connectivity index (χ1) is 8.17. The van der Waals surface area contributed by atoms with Gasteiger partial charge in [-0.15, -0.1) is 0 Å². The quantitative estimate of drug-likeness (QED) is 0.902. The molecule has 2 N–H and O–H groups in total. The van der Waals surface area contributed by atoms with Crippen molar-refractivity contribution in [2.24, 2.45) is 17.6 Å². The van der Waals surface area contributed by atoms with E-state index < -0.39 is 0 Å². The Morgan fingerprint density at radius 1 is 1.53 bits per heavy atom. The summed E-state index contributed by atoms with van der Waals surface area (Å²) in [5.41, 5.74) is 7.12. The number of halogens is 1. The van der Waals surface area contributed by atoms with Gasteiger partial charge < -0.3 is 5.73 Å². The summed E-state index contributed by atoms with van der Waals surface area (Å²) in [6, 6.07) is 0. The molecule has 0 amide bonds.